The number of hydrogen-bond acceptors (Lipinski definition) is 3. The highest BCUT2D eigenvalue weighted by Crippen LogP contribution is 2.26. The number of rotatable bonds is 7. The first kappa shape index (κ1) is 15.5. The van der Waals surface area contributed by atoms with Crippen LogP contribution in [-0.2, 0) is 9.47 Å². The quantitative estimate of drug-likeness (QED) is 0.692. The van der Waals surface area contributed by atoms with Crippen LogP contribution in [0.1, 0.15) is 25.7 Å². The van der Waals surface area contributed by atoms with Crippen LogP contribution < -0.4 is 4.74 Å². The highest BCUT2D eigenvalue weighted by Gasteiger charge is 2.12. The average molecular weight is 290 g/mol. The van der Waals surface area contributed by atoms with Crippen molar-refractivity contribution in [1.29, 1.82) is 0 Å². The van der Waals surface area contributed by atoms with E-state index in [0.717, 1.165) is 5.56 Å². The molecule has 0 aromatic heterocycles. The summed E-state index contributed by atoms with van der Waals surface area (Å²) < 4.78 is 29.7. The minimum Gasteiger partial charge on any atom is -0.457 e. The maximum Gasteiger partial charge on any atom is 0.183 e. The lowest BCUT2D eigenvalue weighted by atomic mass is 10.2. The van der Waals surface area contributed by atoms with E-state index in [1.165, 1.54) is 12.1 Å². The van der Waals surface area contributed by atoms with Crippen LogP contribution in [-0.4, -0.2) is 13.2 Å². The summed E-state index contributed by atoms with van der Waals surface area (Å²) in [5.74, 6) is 0.949. The summed E-state index contributed by atoms with van der Waals surface area (Å²) in [6.45, 7) is 4.97. The van der Waals surface area contributed by atoms with Gasteiger partial charge in [-0.1, -0.05) is 12.1 Å². The van der Waals surface area contributed by atoms with Gasteiger partial charge in [-0.2, -0.15) is 0 Å². The SMILES string of the molecule is CCOC(OCC)c1cccc(Oc2ccc(F)cc2)c1. The molecular weight excluding hydrogens is 271 g/mol. The molecule has 0 aliphatic rings. The molecule has 0 N–H and O–H groups in total. The molecule has 0 radical (unpaired) electrons. The predicted octanol–water partition coefficient (Wildman–Crippen LogP) is 4.69. The van der Waals surface area contributed by atoms with Crippen LogP contribution in [0.15, 0.2) is 48.5 Å². The molecule has 0 fully saturated rings. The Morgan fingerprint density at radius 1 is 0.905 bits per heavy atom. The second-order valence-electron chi connectivity index (χ2n) is 4.37. The van der Waals surface area contributed by atoms with Gasteiger partial charge in [0.05, 0.1) is 0 Å². The van der Waals surface area contributed by atoms with Gasteiger partial charge in [0.2, 0.25) is 0 Å². The normalized spacial score (nSPS) is 10.9. The van der Waals surface area contributed by atoms with Crippen molar-refractivity contribution in [1.82, 2.24) is 0 Å². The summed E-state index contributed by atoms with van der Waals surface area (Å²) in [5.41, 5.74) is 0.887. The van der Waals surface area contributed by atoms with E-state index in [0.29, 0.717) is 24.7 Å². The zero-order chi connectivity index (χ0) is 15.1. The predicted molar refractivity (Wildman–Crippen MR) is 78.9 cm³/mol. The molecule has 4 heteroatoms. The standard InChI is InChI=1S/C17H19FO3/c1-3-19-17(20-4-2)13-6-5-7-16(12-13)21-15-10-8-14(18)9-11-15/h5-12,17H,3-4H2,1-2H3. The molecule has 2 rings (SSSR count). The van der Waals surface area contributed by atoms with Crippen LogP contribution in [0, 0.1) is 5.82 Å². The lowest BCUT2D eigenvalue weighted by molar-refractivity contribution is -0.140. The van der Waals surface area contributed by atoms with E-state index in [9.17, 15) is 4.39 Å². The lowest BCUT2D eigenvalue weighted by Gasteiger charge is -2.18. The highest BCUT2D eigenvalue weighted by atomic mass is 19.1. The van der Waals surface area contributed by atoms with Crippen molar-refractivity contribution in [2.75, 3.05) is 13.2 Å². The second kappa shape index (κ2) is 7.76. The molecule has 112 valence electrons. The Labute approximate surface area is 124 Å². The topological polar surface area (TPSA) is 27.7 Å². The summed E-state index contributed by atoms with van der Waals surface area (Å²) in [6, 6.07) is 13.4. The Morgan fingerprint density at radius 3 is 2.19 bits per heavy atom. The van der Waals surface area contributed by atoms with E-state index in [4.69, 9.17) is 14.2 Å². The molecule has 0 heterocycles. The van der Waals surface area contributed by atoms with Gasteiger partial charge in [0.1, 0.15) is 17.3 Å². The molecule has 0 aliphatic carbocycles. The molecule has 0 atom stereocenters. The van der Waals surface area contributed by atoms with Crippen molar-refractivity contribution in [2.24, 2.45) is 0 Å². The first-order valence-corrected chi connectivity index (χ1v) is 6.99. The Kier molecular flexibility index (Phi) is 5.72. The summed E-state index contributed by atoms with van der Waals surface area (Å²) in [5, 5.41) is 0. The zero-order valence-electron chi connectivity index (χ0n) is 12.2. The van der Waals surface area contributed by atoms with Crippen LogP contribution in [0.5, 0.6) is 11.5 Å². The van der Waals surface area contributed by atoms with Crippen molar-refractivity contribution in [3.8, 4) is 11.5 Å². The fourth-order valence-electron chi connectivity index (χ4n) is 1.91. The number of halogens is 1. The van der Waals surface area contributed by atoms with Crippen LogP contribution in [0.25, 0.3) is 0 Å². The molecule has 21 heavy (non-hydrogen) atoms. The van der Waals surface area contributed by atoms with Gasteiger partial charge >= 0.3 is 0 Å². The van der Waals surface area contributed by atoms with Crippen LogP contribution >= 0.6 is 0 Å². The second-order valence-corrected chi connectivity index (χ2v) is 4.37. The van der Waals surface area contributed by atoms with E-state index in [1.54, 1.807) is 12.1 Å². The van der Waals surface area contributed by atoms with Crippen LogP contribution in [0.2, 0.25) is 0 Å². The van der Waals surface area contributed by atoms with Gasteiger partial charge in [0.25, 0.3) is 0 Å². The Balaban J connectivity index is 2.14. The summed E-state index contributed by atoms with van der Waals surface area (Å²) in [6.07, 6.45) is -0.406. The van der Waals surface area contributed by atoms with Gasteiger partial charge < -0.3 is 14.2 Å². The monoisotopic (exact) mass is 290 g/mol. The van der Waals surface area contributed by atoms with E-state index >= 15 is 0 Å². The number of benzene rings is 2. The molecule has 0 saturated heterocycles. The Morgan fingerprint density at radius 2 is 1.57 bits per heavy atom. The first-order valence-electron chi connectivity index (χ1n) is 6.99. The van der Waals surface area contributed by atoms with E-state index in [2.05, 4.69) is 0 Å². The lowest BCUT2D eigenvalue weighted by Crippen LogP contribution is -2.08. The molecule has 0 amide bonds. The molecule has 2 aromatic carbocycles. The van der Waals surface area contributed by atoms with Gasteiger partial charge in [-0.15, -0.1) is 0 Å². The van der Waals surface area contributed by atoms with E-state index in [-0.39, 0.29) is 5.82 Å². The van der Waals surface area contributed by atoms with Crippen molar-refractivity contribution in [2.45, 2.75) is 20.1 Å². The summed E-state index contributed by atoms with van der Waals surface area (Å²) in [4.78, 5) is 0. The van der Waals surface area contributed by atoms with Crippen molar-refractivity contribution in [3.05, 3.63) is 59.9 Å². The third-order valence-corrected chi connectivity index (χ3v) is 2.82. The maximum atomic E-state index is 12.9. The molecule has 0 aliphatic heterocycles. The third kappa shape index (κ3) is 4.55. The zero-order valence-corrected chi connectivity index (χ0v) is 12.2. The van der Waals surface area contributed by atoms with Crippen molar-refractivity contribution >= 4 is 0 Å². The number of hydrogen-bond donors (Lipinski definition) is 0. The van der Waals surface area contributed by atoms with Crippen molar-refractivity contribution in [3.63, 3.8) is 0 Å². The average Bonchev–Trinajstić information content (AvgIpc) is 2.50. The minimum absolute atomic E-state index is 0.288. The van der Waals surface area contributed by atoms with E-state index in [1.807, 2.05) is 38.1 Å². The molecule has 0 spiro atoms. The van der Waals surface area contributed by atoms with E-state index < -0.39 is 6.29 Å². The third-order valence-electron chi connectivity index (χ3n) is 2.82. The number of ether oxygens (including phenoxy) is 3. The van der Waals surface area contributed by atoms with Crippen LogP contribution in [0.4, 0.5) is 4.39 Å². The van der Waals surface area contributed by atoms with Gasteiger partial charge in [-0.05, 0) is 50.2 Å². The molecule has 2 aromatic rings. The van der Waals surface area contributed by atoms with Crippen molar-refractivity contribution < 1.29 is 18.6 Å². The largest absolute Gasteiger partial charge is 0.457 e. The minimum atomic E-state index is -0.406. The van der Waals surface area contributed by atoms with Gasteiger partial charge in [0.15, 0.2) is 6.29 Å². The molecular formula is C17H19FO3. The molecule has 0 unspecified atom stereocenters. The maximum absolute atomic E-state index is 12.9. The molecule has 0 bridgehead atoms. The summed E-state index contributed by atoms with van der Waals surface area (Å²) in [7, 11) is 0. The highest BCUT2D eigenvalue weighted by molar-refractivity contribution is 5.34. The first-order chi connectivity index (χ1) is 10.2. The fourth-order valence-corrected chi connectivity index (χ4v) is 1.91. The Bertz CT molecular complexity index is 548. The van der Waals surface area contributed by atoms with Gasteiger partial charge in [-0.3, -0.25) is 0 Å². The van der Waals surface area contributed by atoms with Crippen LogP contribution in [0.3, 0.4) is 0 Å². The fraction of sp³-hybridized carbons (Fsp3) is 0.294. The molecule has 3 nitrogen and oxygen atoms in total. The van der Waals surface area contributed by atoms with Gasteiger partial charge in [-0.25, -0.2) is 4.39 Å². The summed E-state index contributed by atoms with van der Waals surface area (Å²) >= 11 is 0. The van der Waals surface area contributed by atoms with Gasteiger partial charge in [0, 0.05) is 18.8 Å². The Hall–Kier alpha value is -1.91. The molecule has 0 saturated carbocycles. The smallest absolute Gasteiger partial charge is 0.183 e.